The van der Waals surface area contributed by atoms with Crippen LogP contribution in [0.2, 0.25) is 0 Å². The molecule has 0 bridgehead atoms. The summed E-state index contributed by atoms with van der Waals surface area (Å²) in [4.78, 5) is 4.36. The second-order valence-corrected chi connectivity index (χ2v) is 5.72. The highest BCUT2D eigenvalue weighted by Gasteiger charge is 2.22. The van der Waals surface area contributed by atoms with Crippen molar-refractivity contribution in [2.45, 2.75) is 0 Å². The molecule has 4 aromatic rings. The standard InChI is InChI=1S/C21H15N3O2/c25-17-12-5-4-10-15(17)20-18(14-8-2-1-3-9-14)19(21(26)24-23-20)16-11-6-7-13-22-16/h1-13,25H,(H,24,26). The molecule has 0 radical (unpaired) electrons. The number of hydrogen-bond donors (Lipinski definition) is 2. The second kappa shape index (κ2) is 6.64. The molecule has 2 heterocycles. The fraction of sp³-hybridized carbons (Fsp3) is 0. The molecule has 2 aromatic heterocycles. The quantitative estimate of drug-likeness (QED) is 0.581. The van der Waals surface area contributed by atoms with E-state index in [-0.39, 0.29) is 11.6 Å². The maximum Gasteiger partial charge on any atom is 0.241 e. The first-order chi connectivity index (χ1) is 12.8. The molecule has 0 saturated carbocycles. The molecule has 0 unspecified atom stereocenters. The van der Waals surface area contributed by atoms with E-state index in [1.165, 1.54) is 0 Å². The van der Waals surface area contributed by atoms with Gasteiger partial charge in [0.2, 0.25) is 5.88 Å². The van der Waals surface area contributed by atoms with Gasteiger partial charge in [0.05, 0.1) is 11.3 Å². The number of aromatic hydroxyl groups is 2. The Morgan fingerprint density at radius 2 is 1.38 bits per heavy atom. The van der Waals surface area contributed by atoms with Crippen LogP contribution in [0, 0.1) is 0 Å². The highest BCUT2D eigenvalue weighted by Crippen LogP contribution is 2.43. The van der Waals surface area contributed by atoms with E-state index in [9.17, 15) is 10.2 Å². The number of benzene rings is 2. The van der Waals surface area contributed by atoms with Gasteiger partial charge in [-0.2, -0.15) is 0 Å². The molecule has 2 N–H and O–H groups in total. The van der Waals surface area contributed by atoms with E-state index in [1.54, 1.807) is 36.5 Å². The summed E-state index contributed by atoms with van der Waals surface area (Å²) in [6, 6.07) is 22.0. The monoisotopic (exact) mass is 341 g/mol. The number of nitrogens with zero attached hydrogens (tertiary/aromatic N) is 3. The Morgan fingerprint density at radius 3 is 2.12 bits per heavy atom. The van der Waals surface area contributed by atoms with Gasteiger partial charge in [-0.05, 0) is 29.8 Å². The molecule has 2 aromatic carbocycles. The van der Waals surface area contributed by atoms with E-state index in [2.05, 4.69) is 15.2 Å². The van der Waals surface area contributed by atoms with Crippen molar-refractivity contribution >= 4 is 0 Å². The molecule has 4 rings (SSSR count). The largest absolute Gasteiger partial charge is 0.507 e. The average Bonchev–Trinajstić information content (AvgIpc) is 2.70. The van der Waals surface area contributed by atoms with Crippen molar-refractivity contribution in [1.82, 2.24) is 15.2 Å². The van der Waals surface area contributed by atoms with E-state index < -0.39 is 0 Å². The number of phenols is 1. The molecule has 0 saturated heterocycles. The lowest BCUT2D eigenvalue weighted by Crippen LogP contribution is -1.98. The van der Waals surface area contributed by atoms with Crippen molar-refractivity contribution in [2.24, 2.45) is 0 Å². The van der Waals surface area contributed by atoms with Crippen molar-refractivity contribution in [2.75, 3.05) is 0 Å². The van der Waals surface area contributed by atoms with Crippen LogP contribution in [0.5, 0.6) is 11.6 Å². The molecule has 0 fully saturated rings. The predicted octanol–water partition coefficient (Wildman–Crippen LogP) is 4.28. The number of phenolic OH excluding ortho intramolecular Hbond substituents is 1. The first-order valence-electron chi connectivity index (χ1n) is 8.10. The lowest BCUT2D eigenvalue weighted by molar-refractivity contribution is 0.447. The molecule has 126 valence electrons. The zero-order valence-corrected chi connectivity index (χ0v) is 13.7. The molecule has 0 atom stereocenters. The molecule has 0 amide bonds. The van der Waals surface area contributed by atoms with Gasteiger partial charge < -0.3 is 10.2 Å². The minimum absolute atomic E-state index is 0.0941. The smallest absolute Gasteiger partial charge is 0.241 e. The Labute approximate surface area is 150 Å². The minimum atomic E-state index is -0.207. The van der Waals surface area contributed by atoms with E-state index in [0.29, 0.717) is 28.1 Å². The lowest BCUT2D eigenvalue weighted by atomic mass is 9.93. The highest BCUT2D eigenvalue weighted by molar-refractivity contribution is 5.94. The normalized spacial score (nSPS) is 10.6. The zero-order valence-electron chi connectivity index (χ0n) is 13.7. The van der Waals surface area contributed by atoms with Crippen molar-refractivity contribution < 1.29 is 10.2 Å². The zero-order chi connectivity index (χ0) is 17.9. The van der Waals surface area contributed by atoms with Crippen LogP contribution in [-0.4, -0.2) is 25.4 Å². The molecule has 0 aliphatic rings. The lowest BCUT2D eigenvalue weighted by Gasteiger charge is -2.15. The minimum Gasteiger partial charge on any atom is -0.507 e. The van der Waals surface area contributed by atoms with Crippen LogP contribution in [-0.2, 0) is 0 Å². The van der Waals surface area contributed by atoms with Gasteiger partial charge in [0.1, 0.15) is 11.4 Å². The summed E-state index contributed by atoms with van der Waals surface area (Å²) in [6.45, 7) is 0. The number of hydrogen-bond acceptors (Lipinski definition) is 5. The van der Waals surface area contributed by atoms with Crippen LogP contribution in [0.4, 0.5) is 0 Å². The van der Waals surface area contributed by atoms with Crippen LogP contribution >= 0.6 is 0 Å². The Morgan fingerprint density at radius 1 is 0.654 bits per heavy atom. The maximum absolute atomic E-state index is 10.5. The molecular formula is C21H15N3O2. The van der Waals surface area contributed by atoms with Crippen LogP contribution in [0.15, 0.2) is 79.0 Å². The van der Waals surface area contributed by atoms with Crippen LogP contribution < -0.4 is 0 Å². The third kappa shape index (κ3) is 2.75. The molecule has 0 spiro atoms. The summed E-state index contributed by atoms with van der Waals surface area (Å²) in [7, 11) is 0. The molecule has 0 aliphatic carbocycles. The van der Waals surface area contributed by atoms with Gasteiger partial charge in [-0.1, -0.05) is 48.5 Å². The van der Waals surface area contributed by atoms with Crippen LogP contribution in [0.3, 0.4) is 0 Å². The van der Waals surface area contributed by atoms with Crippen molar-refractivity contribution in [1.29, 1.82) is 0 Å². The van der Waals surface area contributed by atoms with E-state index in [4.69, 9.17) is 0 Å². The van der Waals surface area contributed by atoms with Crippen molar-refractivity contribution in [3.8, 4) is 45.3 Å². The Kier molecular flexibility index (Phi) is 4.03. The number of para-hydroxylation sites is 1. The number of aromatic nitrogens is 3. The third-order valence-electron chi connectivity index (χ3n) is 4.10. The molecule has 5 heteroatoms. The predicted molar refractivity (Wildman–Crippen MR) is 99.5 cm³/mol. The van der Waals surface area contributed by atoms with Gasteiger partial charge in [-0.3, -0.25) is 4.98 Å². The van der Waals surface area contributed by atoms with E-state index in [0.717, 1.165) is 5.56 Å². The van der Waals surface area contributed by atoms with E-state index >= 15 is 0 Å². The van der Waals surface area contributed by atoms with Crippen molar-refractivity contribution in [3.05, 3.63) is 79.0 Å². The Balaban J connectivity index is 2.10. The first-order valence-corrected chi connectivity index (χ1v) is 8.10. The molecule has 26 heavy (non-hydrogen) atoms. The third-order valence-corrected chi connectivity index (χ3v) is 4.10. The fourth-order valence-electron chi connectivity index (χ4n) is 2.93. The van der Waals surface area contributed by atoms with Gasteiger partial charge in [-0.15, -0.1) is 10.2 Å². The SMILES string of the molecule is Oc1ccccc1-c1nnc(O)c(-c2ccccn2)c1-c1ccccc1. The van der Waals surface area contributed by atoms with Crippen molar-refractivity contribution in [3.63, 3.8) is 0 Å². The van der Waals surface area contributed by atoms with Crippen LogP contribution in [0.25, 0.3) is 33.6 Å². The second-order valence-electron chi connectivity index (χ2n) is 5.72. The van der Waals surface area contributed by atoms with Gasteiger partial charge in [0, 0.05) is 17.3 Å². The summed E-state index contributed by atoms with van der Waals surface area (Å²) < 4.78 is 0. The number of pyridine rings is 1. The van der Waals surface area contributed by atoms with Gasteiger partial charge in [0.15, 0.2) is 0 Å². The van der Waals surface area contributed by atoms with E-state index in [1.807, 2.05) is 42.5 Å². The fourth-order valence-corrected chi connectivity index (χ4v) is 2.93. The van der Waals surface area contributed by atoms with Gasteiger partial charge in [-0.25, -0.2) is 0 Å². The highest BCUT2D eigenvalue weighted by atomic mass is 16.3. The summed E-state index contributed by atoms with van der Waals surface area (Å²) in [5.74, 6) is -0.113. The molecular weight excluding hydrogens is 326 g/mol. The Hall–Kier alpha value is -3.73. The topological polar surface area (TPSA) is 79.1 Å². The summed E-state index contributed by atoms with van der Waals surface area (Å²) in [5.41, 5.74) is 3.58. The summed E-state index contributed by atoms with van der Waals surface area (Å²) in [5, 5.41) is 28.9. The summed E-state index contributed by atoms with van der Waals surface area (Å²) in [6.07, 6.45) is 1.66. The average molecular weight is 341 g/mol. The molecule has 0 aliphatic heterocycles. The van der Waals surface area contributed by atoms with Gasteiger partial charge in [0.25, 0.3) is 0 Å². The maximum atomic E-state index is 10.5. The van der Waals surface area contributed by atoms with Crippen LogP contribution in [0.1, 0.15) is 0 Å². The summed E-state index contributed by atoms with van der Waals surface area (Å²) >= 11 is 0. The number of rotatable bonds is 3. The van der Waals surface area contributed by atoms with Gasteiger partial charge >= 0.3 is 0 Å². The Bertz CT molecular complexity index is 1050. The first kappa shape index (κ1) is 15.8. The molecule has 5 nitrogen and oxygen atoms in total.